The van der Waals surface area contributed by atoms with Gasteiger partial charge >= 0.3 is 0 Å². The molecule has 4 aromatic rings. The van der Waals surface area contributed by atoms with Crippen LogP contribution in [0.25, 0.3) is 11.0 Å². The zero-order valence-corrected chi connectivity index (χ0v) is 14.6. The summed E-state index contributed by atoms with van der Waals surface area (Å²) in [6, 6.07) is 15.8. The Labute approximate surface area is 150 Å². The molecule has 0 saturated carbocycles. The average molecular weight is 346 g/mol. The minimum absolute atomic E-state index is 0.213. The fourth-order valence-electron chi connectivity index (χ4n) is 3.03. The summed E-state index contributed by atoms with van der Waals surface area (Å²) >= 11 is 0. The van der Waals surface area contributed by atoms with E-state index in [1.54, 1.807) is 13.8 Å². The first kappa shape index (κ1) is 16.1. The van der Waals surface area contributed by atoms with Gasteiger partial charge in [-0.25, -0.2) is 4.98 Å². The van der Waals surface area contributed by atoms with Gasteiger partial charge in [0.25, 0.3) is 5.91 Å². The summed E-state index contributed by atoms with van der Waals surface area (Å²) in [5.41, 5.74) is 5.01. The summed E-state index contributed by atoms with van der Waals surface area (Å²) in [6.07, 6.45) is 1.85. The van der Waals surface area contributed by atoms with Crippen molar-refractivity contribution in [3.05, 3.63) is 77.4 Å². The molecule has 0 bridgehead atoms. The monoisotopic (exact) mass is 346 g/mol. The number of benzene rings is 2. The number of amides is 1. The zero-order chi connectivity index (χ0) is 18.1. The van der Waals surface area contributed by atoms with Crippen molar-refractivity contribution >= 4 is 22.6 Å². The third-order valence-corrected chi connectivity index (χ3v) is 4.35. The second kappa shape index (κ2) is 6.48. The van der Waals surface area contributed by atoms with Crippen LogP contribution in [0.15, 0.2) is 59.4 Å². The fourth-order valence-corrected chi connectivity index (χ4v) is 3.03. The van der Waals surface area contributed by atoms with Crippen LogP contribution >= 0.6 is 0 Å². The number of rotatable bonds is 4. The number of para-hydroxylation sites is 2. The van der Waals surface area contributed by atoms with Gasteiger partial charge in [-0.2, -0.15) is 0 Å². The van der Waals surface area contributed by atoms with Crippen molar-refractivity contribution in [1.29, 1.82) is 0 Å². The number of nitrogens with zero attached hydrogens (tertiary/aromatic N) is 3. The molecule has 6 heteroatoms. The lowest BCUT2D eigenvalue weighted by Gasteiger charge is -2.08. The minimum atomic E-state index is -0.213. The summed E-state index contributed by atoms with van der Waals surface area (Å²) in [5.74, 6) is 0.304. The lowest BCUT2D eigenvalue weighted by Crippen LogP contribution is -2.13. The third-order valence-electron chi connectivity index (χ3n) is 4.35. The molecule has 0 aliphatic carbocycles. The summed E-state index contributed by atoms with van der Waals surface area (Å²) in [7, 11) is 0. The number of imidazole rings is 1. The summed E-state index contributed by atoms with van der Waals surface area (Å²) in [6.45, 7) is 4.20. The second-order valence-electron chi connectivity index (χ2n) is 6.21. The standard InChI is InChI=1S/C20H18N4O2/c1-13-19(14(2)26-23-13)20(25)22-16-9-7-15(8-10-16)11-24-12-21-17-5-3-4-6-18(17)24/h3-10,12H,11H2,1-2H3,(H,22,25). The van der Waals surface area contributed by atoms with Crippen LogP contribution in [0.1, 0.15) is 27.4 Å². The number of hydrogen-bond donors (Lipinski definition) is 1. The van der Waals surface area contributed by atoms with E-state index in [2.05, 4.69) is 26.1 Å². The van der Waals surface area contributed by atoms with Crippen molar-refractivity contribution < 1.29 is 9.32 Å². The predicted molar refractivity (Wildman–Crippen MR) is 99.2 cm³/mol. The van der Waals surface area contributed by atoms with Gasteiger partial charge in [0.15, 0.2) is 0 Å². The summed E-state index contributed by atoms with van der Waals surface area (Å²) < 4.78 is 7.15. The molecule has 1 N–H and O–H groups in total. The molecule has 0 aliphatic rings. The number of aryl methyl sites for hydroxylation is 2. The quantitative estimate of drug-likeness (QED) is 0.607. The van der Waals surface area contributed by atoms with Crippen LogP contribution in [-0.2, 0) is 6.54 Å². The highest BCUT2D eigenvalue weighted by Gasteiger charge is 2.17. The molecule has 2 aromatic heterocycles. The summed E-state index contributed by atoms with van der Waals surface area (Å²) in [4.78, 5) is 16.8. The second-order valence-corrected chi connectivity index (χ2v) is 6.21. The number of fused-ring (bicyclic) bond motifs is 1. The van der Waals surface area contributed by atoms with Crippen LogP contribution in [0, 0.1) is 13.8 Å². The highest BCUT2D eigenvalue weighted by atomic mass is 16.5. The molecule has 6 nitrogen and oxygen atoms in total. The van der Waals surface area contributed by atoms with Crippen molar-refractivity contribution in [2.45, 2.75) is 20.4 Å². The number of carbonyl (C=O) groups is 1. The van der Waals surface area contributed by atoms with E-state index in [0.29, 0.717) is 17.0 Å². The highest BCUT2D eigenvalue weighted by Crippen LogP contribution is 2.18. The molecule has 0 fully saturated rings. The maximum absolute atomic E-state index is 12.4. The van der Waals surface area contributed by atoms with E-state index in [0.717, 1.165) is 28.8 Å². The Hall–Kier alpha value is -3.41. The van der Waals surface area contributed by atoms with Crippen LogP contribution < -0.4 is 5.32 Å². The van der Waals surface area contributed by atoms with Gasteiger partial charge in [-0.1, -0.05) is 29.4 Å². The number of aromatic nitrogens is 3. The first-order valence-corrected chi connectivity index (χ1v) is 8.35. The molecule has 0 saturated heterocycles. The molecule has 0 radical (unpaired) electrons. The van der Waals surface area contributed by atoms with Gasteiger partial charge in [0, 0.05) is 12.2 Å². The molecule has 2 heterocycles. The lowest BCUT2D eigenvalue weighted by molar-refractivity contribution is 0.102. The van der Waals surface area contributed by atoms with Crippen molar-refractivity contribution in [2.75, 3.05) is 5.32 Å². The van der Waals surface area contributed by atoms with E-state index in [4.69, 9.17) is 4.52 Å². The highest BCUT2D eigenvalue weighted by molar-refractivity contribution is 6.05. The van der Waals surface area contributed by atoms with Crippen molar-refractivity contribution in [2.24, 2.45) is 0 Å². The maximum Gasteiger partial charge on any atom is 0.261 e. The van der Waals surface area contributed by atoms with E-state index in [1.807, 2.05) is 48.8 Å². The van der Waals surface area contributed by atoms with E-state index in [-0.39, 0.29) is 5.91 Å². The van der Waals surface area contributed by atoms with E-state index in [9.17, 15) is 4.79 Å². The Morgan fingerprint density at radius 2 is 1.88 bits per heavy atom. The zero-order valence-electron chi connectivity index (χ0n) is 14.6. The smallest absolute Gasteiger partial charge is 0.261 e. The van der Waals surface area contributed by atoms with Gasteiger partial charge in [-0.3, -0.25) is 4.79 Å². The third kappa shape index (κ3) is 2.97. The van der Waals surface area contributed by atoms with Crippen molar-refractivity contribution in [1.82, 2.24) is 14.7 Å². The molecule has 0 atom stereocenters. The molecule has 0 unspecified atom stereocenters. The minimum Gasteiger partial charge on any atom is -0.361 e. The molecule has 4 rings (SSSR count). The molecule has 1 amide bonds. The Morgan fingerprint density at radius 3 is 2.62 bits per heavy atom. The van der Waals surface area contributed by atoms with Crippen LogP contribution in [0.5, 0.6) is 0 Å². The molecule has 26 heavy (non-hydrogen) atoms. The summed E-state index contributed by atoms with van der Waals surface area (Å²) in [5, 5.41) is 6.70. The van der Waals surface area contributed by atoms with Gasteiger partial charge < -0.3 is 14.4 Å². The SMILES string of the molecule is Cc1noc(C)c1C(=O)Nc1ccc(Cn2cnc3ccccc32)cc1. The number of anilines is 1. The van der Waals surface area contributed by atoms with Crippen molar-refractivity contribution in [3.8, 4) is 0 Å². The first-order valence-electron chi connectivity index (χ1n) is 8.35. The Morgan fingerprint density at radius 1 is 1.12 bits per heavy atom. The number of hydrogen-bond acceptors (Lipinski definition) is 4. The molecule has 130 valence electrons. The number of nitrogens with one attached hydrogen (secondary N) is 1. The molecule has 0 aliphatic heterocycles. The Kier molecular flexibility index (Phi) is 4.01. The molecule has 0 spiro atoms. The maximum atomic E-state index is 12.4. The lowest BCUT2D eigenvalue weighted by atomic mass is 10.1. The van der Waals surface area contributed by atoms with Crippen molar-refractivity contribution in [3.63, 3.8) is 0 Å². The largest absolute Gasteiger partial charge is 0.361 e. The van der Waals surface area contributed by atoms with Gasteiger partial charge in [-0.15, -0.1) is 0 Å². The molecule has 2 aromatic carbocycles. The fraction of sp³-hybridized carbons (Fsp3) is 0.150. The average Bonchev–Trinajstić information content (AvgIpc) is 3.20. The van der Waals surface area contributed by atoms with E-state index < -0.39 is 0 Å². The predicted octanol–water partition coefficient (Wildman–Crippen LogP) is 3.94. The molecular weight excluding hydrogens is 328 g/mol. The molecular formula is C20H18N4O2. The first-order chi connectivity index (χ1) is 12.6. The van der Waals surface area contributed by atoms with Gasteiger partial charge in [0.1, 0.15) is 11.3 Å². The van der Waals surface area contributed by atoms with Crippen LogP contribution in [-0.4, -0.2) is 20.6 Å². The van der Waals surface area contributed by atoms with Crippen LogP contribution in [0.4, 0.5) is 5.69 Å². The number of carbonyl (C=O) groups excluding carboxylic acids is 1. The van der Waals surface area contributed by atoms with Crippen LogP contribution in [0.3, 0.4) is 0 Å². The van der Waals surface area contributed by atoms with Gasteiger partial charge in [0.05, 0.1) is 23.1 Å². The van der Waals surface area contributed by atoms with Gasteiger partial charge in [-0.05, 0) is 43.7 Å². The Bertz CT molecular complexity index is 1060. The van der Waals surface area contributed by atoms with Gasteiger partial charge in [0.2, 0.25) is 0 Å². The topological polar surface area (TPSA) is 73.0 Å². The van der Waals surface area contributed by atoms with E-state index >= 15 is 0 Å². The van der Waals surface area contributed by atoms with E-state index in [1.165, 1.54) is 0 Å². The normalized spacial score (nSPS) is 11.0. The van der Waals surface area contributed by atoms with Crippen LogP contribution in [0.2, 0.25) is 0 Å². The Balaban J connectivity index is 1.49.